The maximum Gasteiger partial charge on any atom is 0.152 e. The molecule has 0 aliphatic heterocycles. The fourth-order valence-corrected chi connectivity index (χ4v) is 1.19. The highest BCUT2D eigenvalue weighted by molar-refractivity contribution is 5.96. The number of benzene rings is 1. The summed E-state index contributed by atoms with van der Waals surface area (Å²) in [6, 6.07) is 7.73. The minimum Gasteiger partial charge on any atom is -0.360 e. The average molecular weight is 150 g/mol. The van der Waals surface area contributed by atoms with Crippen LogP contribution in [0.5, 0.6) is 0 Å². The highest BCUT2D eigenvalue weighted by atomic mass is 16.1. The molecule has 54 valence electrons. The van der Waals surface area contributed by atoms with Crippen LogP contribution in [0.4, 0.5) is 0 Å². The third kappa shape index (κ3) is 0.835. The van der Waals surface area contributed by atoms with E-state index in [9.17, 15) is 4.79 Å². The monoisotopic (exact) mass is 150 g/mol. The van der Waals surface area contributed by atoms with Crippen LogP contribution in [0, 0.1) is 0 Å². The van der Waals surface area contributed by atoms with Crippen molar-refractivity contribution < 1.29 is 4.79 Å². The molecule has 0 radical (unpaired) electrons. The van der Waals surface area contributed by atoms with Crippen molar-refractivity contribution in [2.75, 3.05) is 0 Å². The highest BCUT2D eigenvalue weighted by Crippen LogP contribution is 2.14. The van der Waals surface area contributed by atoms with E-state index < -0.39 is 0 Å². The van der Waals surface area contributed by atoms with Gasteiger partial charge in [0.05, 0.1) is 0 Å². The molecule has 0 atom stereocenters. The molecule has 2 rings (SSSR count). The summed E-state index contributed by atoms with van der Waals surface area (Å²) in [7, 11) is 0. The quantitative estimate of drug-likeness (QED) is 0.619. The van der Waals surface area contributed by atoms with Crippen LogP contribution in [0.25, 0.3) is 10.9 Å². The van der Waals surface area contributed by atoms with E-state index >= 15 is 0 Å². The minimum atomic E-state index is 0.723. The lowest BCUT2D eigenvalue weighted by atomic mass is 10.6. The van der Waals surface area contributed by atoms with Crippen molar-refractivity contribution in [1.29, 1.82) is 0 Å². The lowest BCUT2D eigenvalue weighted by Gasteiger charge is -1.86. The van der Waals surface area contributed by atoms with E-state index in [-0.39, 0.29) is 0 Å². The number of fused-ring (bicyclic) bond motifs is 1. The third-order valence-electron chi connectivity index (χ3n) is 1.75. The molecule has 2 nitrogen and oxygen atoms in total. The lowest BCUT2D eigenvalue weighted by molar-refractivity contribution is 0.112. The fourth-order valence-electron chi connectivity index (χ4n) is 1.19. The van der Waals surface area contributed by atoms with Gasteiger partial charge in [-0.1, -0.05) is 18.2 Å². The second kappa shape index (κ2) is 2.23. The molecule has 0 bridgehead atoms. The largest absolute Gasteiger partial charge is 0.360 e. The van der Waals surface area contributed by atoms with Crippen LogP contribution in [0.15, 0.2) is 30.5 Å². The van der Waals surface area contributed by atoms with Gasteiger partial charge in [0.1, 0.15) is 0 Å². The van der Waals surface area contributed by atoms with Gasteiger partial charge in [-0.15, -0.1) is 0 Å². The number of carbonyl (C=O) groups is 1. The van der Waals surface area contributed by atoms with Gasteiger partial charge in [-0.25, -0.2) is 0 Å². The van der Waals surface area contributed by atoms with Gasteiger partial charge in [-0.2, -0.15) is 0 Å². The minimum absolute atomic E-state index is 0.723. The zero-order valence-corrected chi connectivity index (χ0v) is 5.87. The topological polar surface area (TPSA) is 32.9 Å². The van der Waals surface area contributed by atoms with E-state index in [1.54, 1.807) is 6.20 Å². The molecule has 0 unspecified atom stereocenters. The third-order valence-corrected chi connectivity index (χ3v) is 1.75. The number of hydrogen-bond donors (Lipinski definition) is 1. The second-order valence-electron chi connectivity index (χ2n) is 2.41. The molecule has 1 aromatic heterocycles. The molecule has 11 heavy (non-hydrogen) atoms. The Kier molecular flexibility index (Phi) is 1.25. The molecule has 0 aliphatic carbocycles. The zero-order chi connectivity index (χ0) is 7.68. The molecule has 2 heteroatoms. The predicted molar refractivity (Wildman–Crippen MR) is 43.7 cm³/mol. The van der Waals surface area contributed by atoms with Crippen LogP contribution in [-0.4, -0.2) is 11.3 Å². The Bertz CT molecular complexity index is 389. The highest BCUT2D eigenvalue weighted by Gasteiger charge is 1.98. The summed E-state index contributed by atoms with van der Waals surface area (Å²) in [6.45, 7) is 0. The standard InChI is InChI=1S/C9H7NO/c11-6-7-5-10-9-4-2-1-3-8(7)9/h1-6,10H/i1+1,3+1,5+1,7+1,8+1. The number of aldehydes is 1. The van der Waals surface area contributed by atoms with E-state index in [2.05, 4.69) is 4.98 Å². The van der Waals surface area contributed by atoms with Gasteiger partial charge in [0.25, 0.3) is 0 Å². The molecule has 0 aliphatic rings. The Balaban J connectivity index is 2.86. The maximum atomic E-state index is 10.5. The first-order valence-corrected chi connectivity index (χ1v) is 3.43. The van der Waals surface area contributed by atoms with Gasteiger partial charge in [0, 0.05) is 22.7 Å². The molecule has 0 saturated carbocycles. The van der Waals surface area contributed by atoms with Crippen molar-refractivity contribution in [3.05, 3.63) is 36.0 Å². The van der Waals surface area contributed by atoms with Crippen LogP contribution in [0.1, 0.15) is 10.4 Å². The predicted octanol–water partition coefficient (Wildman–Crippen LogP) is 1.98. The average Bonchev–Trinajstić information content (AvgIpc) is 2.47. The Morgan fingerprint density at radius 3 is 2.91 bits per heavy atom. The first kappa shape index (κ1) is 6.16. The Morgan fingerprint density at radius 2 is 2.09 bits per heavy atom. The van der Waals surface area contributed by atoms with Gasteiger partial charge in [0.15, 0.2) is 6.29 Å². The summed E-state index contributed by atoms with van der Waals surface area (Å²) >= 11 is 0. The van der Waals surface area contributed by atoms with E-state index in [1.807, 2.05) is 24.3 Å². The van der Waals surface area contributed by atoms with Crippen molar-refractivity contribution in [3.63, 3.8) is 0 Å². The number of rotatable bonds is 1. The van der Waals surface area contributed by atoms with Gasteiger partial charge >= 0.3 is 0 Å². The first-order valence-electron chi connectivity index (χ1n) is 3.43. The smallest absolute Gasteiger partial charge is 0.152 e. The number of H-pyrrole nitrogens is 1. The molecule has 2 aromatic rings. The molecular weight excluding hydrogens is 143 g/mol. The maximum absolute atomic E-state index is 10.5. The number of aromatic nitrogens is 1. The van der Waals surface area contributed by atoms with Crippen LogP contribution in [0.3, 0.4) is 0 Å². The van der Waals surface area contributed by atoms with Crippen LogP contribution in [0.2, 0.25) is 0 Å². The van der Waals surface area contributed by atoms with Crippen LogP contribution in [-0.2, 0) is 0 Å². The molecule has 1 N–H and O–H groups in total. The summed E-state index contributed by atoms with van der Waals surface area (Å²) in [6.07, 6.45) is 2.58. The molecule has 0 spiro atoms. The van der Waals surface area contributed by atoms with E-state index in [4.69, 9.17) is 0 Å². The van der Waals surface area contributed by atoms with Crippen molar-refractivity contribution in [2.45, 2.75) is 0 Å². The molecule has 1 aromatic carbocycles. The number of nitrogens with one attached hydrogen (secondary N) is 1. The molecule has 0 fully saturated rings. The number of aromatic amines is 1. The molecule has 0 saturated heterocycles. The van der Waals surface area contributed by atoms with Gasteiger partial charge in [0.2, 0.25) is 0 Å². The normalized spacial score (nSPS) is 10.2. The number of hydrogen-bond acceptors (Lipinski definition) is 1. The van der Waals surface area contributed by atoms with E-state index in [1.165, 1.54) is 0 Å². The van der Waals surface area contributed by atoms with Crippen LogP contribution >= 0.6 is 0 Å². The Morgan fingerprint density at radius 1 is 1.27 bits per heavy atom. The van der Waals surface area contributed by atoms with E-state index in [0.717, 1.165) is 22.8 Å². The van der Waals surface area contributed by atoms with Crippen LogP contribution < -0.4 is 0 Å². The van der Waals surface area contributed by atoms with Crippen molar-refractivity contribution in [1.82, 2.24) is 4.98 Å². The molecule has 0 amide bonds. The Hall–Kier alpha value is -1.57. The summed E-state index contributed by atoms with van der Waals surface area (Å²) < 4.78 is 0. The van der Waals surface area contributed by atoms with Gasteiger partial charge < -0.3 is 4.98 Å². The zero-order valence-electron chi connectivity index (χ0n) is 5.87. The summed E-state index contributed by atoms with van der Waals surface area (Å²) in [5, 5.41) is 0.988. The molecular formula is C9H7NO. The molecule has 1 heterocycles. The second-order valence-corrected chi connectivity index (χ2v) is 2.41. The fraction of sp³-hybridized carbons (Fsp3) is 0. The summed E-state index contributed by atoms with van der Waals surface area (Å²) in [5.41, 5.74) is 1.73. The van der Waals surface area contributed by atoms with Crippen molar-refractivity contribution in [3.8, 4) is 0 Å². The lowest BCUT2D eigenvalue weighted by Crippen LogP contribution is -1.72. The first-order chi connectivity index (χ1) is 5.42. The van der Waals surface area contributed by atoms with E-state index in [0.29, 0.717) is 0 Å². The summed E-state index contributed by atoms with van der Waals surface area (Å²) in [4.78, 5) is 13.5. The van der Waals surface area contributed by atoms with Gasteiger partial charge in [-0.3, -0.25) is 4.79 Å². The summed E-state index contributed by atoms with van der Waals surface area (Å²) in [5.74, 6) is 0. The van der Waals surface area contributed by atoms with Crippen molar-refractivity contribution in [2.24, 2.45) is 0 Å². The Labute approximate surface area is 63.8 Å². The SMILES string of the molecule is O=C[13c]1[13cH][nH]c2cc[13cH][13cH][13c]21. The van der Waals surface area contributed by atoms with Crippen molar-refractivity contribution >= 4 is 17.2 Å². The van der Waals surface area contributed by atoms with Gasteiger partial charge in [-0.05, 0) is 6.07 Å². The number of carbonyl (C=O) groups excluding carboxylic acids is 1. The number of para-hydroxylation sites is 1.